The lowest BCUT2D eigenvalue weighted by Gasteiger charge is -2.42. The summed E-state index contributed by atoms with van der Waals surface area (Å²) in [6.45, 7) is 13.3. The molecule has 6 aromatic rings. The van der Waals surface area contributed by atoms with Gasteiger partial charge in [-0.25, -0.2) is 8.42 Å². The number of hydrogen-bond donors (Lipinski definition) is 0. The van der Waals surface area contributed by atoms with Crippen LogP contribution in [0.1, 0.15) is 61.1 Å². The third kappa shape index (κ3) is 4.74. The molecule has 0 saturated heterocycles. The Hall–Kier alpha value is -5.13. The number of benzene rings is 6. The number of hydrogen-bond acceptors (Lipinski definition) is 4. The van der Waals surface area contributed by atoms with Gasteiger partial charge in [0, 0.05) is 22.2 Å². The largest absolute Gasteiger partial charge is 0.310 e. The molecule has 0 atom stereocenters. The molecular weight excluding hydrogens is 621 g/mol. The van der Waals surface area contributed by atoms with Crippen molar-refractivity contribution in [2.75, 3.05) is 9.80 Å². The van der Waals surface area contributed by atoms with E-state index in [1.807, 2.05) is 24.3 Å². The number of para-hydroxylation sites is 2. The molecule has 8 rings (SSSR count). The summed E-state index contributed by atoms with van der Waals surface area (Å²) in [5, 5.41) is 0. The molecule has 0 aromatic heterocycles. The van der Waals surface area contributed by atoms with Gasteiger partial charge in [-0.3, -0.25) is 0 Å². The zero-order valence-corrected chi connectivity index (χ0v) is 29.6. The third-order valence-electron chi connectivity index (χ3n) is 10.6. The maximum absolute atomic E-state index is 14.0. The van der Waals surface area contributed by atoms with Crippen molar-refractivity contribution in [2.24, 2.45) is 0 Å². The van der Waals surface area contributed by atoms with Crippen LogP contribution in [0.15, 0.2) is 143 Å². The van der Waals surface area contributed by atoms with E-state index in [0.29, 0.717) is 0 Å². The van der Waals surface area contributed by atoms with Gasteiger partial charge in [-0.2, -0.15) is 0 Å². The van der Waals surface area contributed by atoms with E-state index in [1.54, 1.807) is 24.3 Å². The summed E-state index contributed by atoms with van der Waals surface area (Å²) in [7, 11) is -3.76. The predicted molar refractivity (Wildman–Crippen MR) is 201 cm³/mol. The molecular formula is C44H40N2O2S. The standard InChI is InChI=1S/C44H40N2O2S/c1-29-15-25-41-37(27-29)43(3,4)35-11-7-9-13-39(35)45(41)31-17-21-33(22-18-31)49(47,48)34-23-19-32(20-24-34)46-40-14-10-8-12-36(40)44(5,6)38-28-30(2)16-26-42(38)46/h7-28H,1-6H3. The number of fused-ring (bicyclic) bond motifs is 4. The lowest BCUT2D eigenvalue weighted by molar-refractivity contribution is 0.596. The van der Waals surface area contributed by atoms with Crippen molar-refractivity contribution in [1.82, 2.24) is 0 Å². The molecule has 0 amide bonds. The molecule has 0 unspecified atom stereocenters. The Morgan fingerprint density at radius 1 is 0.429 bits per heavy atom. The Morgan fingerprint density at radius 3 is 1.16 bits per heavy atom. The molecule has 0 bridgehead atoms. The van der Waals surface area contributed by atoms with Gasteiger partial charge in [-0.15, -0.1) is 0 Å². The SMILES string of the molecule is Cc1ccc2c(c1)C(C)(C)c1ccccc1N2c1ccc(S(=O)(=O)c2ccc(N3c4ccccc4C(C)(C)c4cc(C)ccc43)cc2)cc1. The van der Waals surface area contributed by atoms with E-state index in [9.17, 15) is 8.42 Å². The molecule has 0 saturated carbocycles. The minimum Gasteiger partial charge on any atom is -0.310 e. The zero-order valence-electron chi connectivity index (χ0n) is 28.8. The highest BCUT2D eigenvalue weighted by atomic mass is 32.2. The van der Waals surface area contributed by atoms with Crippen molar-refractivity contribution in [3.05, 3.63) is 167 Å². The van der Waals surface area contributed by atoms with Gasteiger partial charge in [-0.05, 0) is 109 Å². The molecule has 49 heavy (non-hydrogen) atoms. The van der Waals surface area contributed by atoms with E-state index in [1.165, 1.54) is 33.4 Å². The molecule has 0 aliphatic carbocycles. The summed E-state index contributed by atoms with van der Waals surface area (Å²) in [4.78, 5) is 5.03. The Balaban J connectivity index is 1.15. The second-order valence-corrected chi connectivity index (χ2v) is 16.4. The van der Waals surface area contributed by atoms with Crippen LogP contribution in [0.3, 0.4) is 0 Å². The molecule has 5 heteroatoms. The van der Waals surface area contributed by atoms with Gasteiger partial charge in [-0.1, -0.05) is 99.5 Å². The quantitative estimate of drug-likeness (QED) is 0.189. The van der Waals surface area contributed by atoms with Crippen LogP contribution < -0.4 is 9.80 Å². The highest BCUT2D eigenvalue weighted by Crippen LogP contribution is 2.53. The van der Waals surface area contributed by atoms with Gasteiger partial charge >= 0.3 is 0 Å². The van der Waals surface area contributed by atoms with Gasteiger partial charge in [0.1, 0.15) is 0 Å². The Bertz CT molecular complexity index is 2210. The lowest BCUT2D eigenvalue weighted by atomic mass is 9.73. The van der Waals surface area contributed by atoms with E-state index in [0.717, 1.165) is 34.1 Å². The van der Waals surface area contributed by atoms with Crippen LogP contribution in [0.4, 0.5) is 34.1 Å². The van der Waals surface area contributed by atoms with Crippen molar-refractivity contribution in [3.8, 4) is 0 Å². The number of rotatable bonds is 4. The number of sulfone groups is 1. The molecule has 244 valence electrons. The highest BCUT2D eigenvalue weighted by Gasteiger charge is 2.38. The molecule has 2 aliphatic rings. The second kappa shape index (κ2) is 10.9. The minimum absolute atomic E-state index is 0.169. The molecule has 0 radical (unpaired) electrons. The Kier molecular flexibility index (Phi) is 6.96. The zero-order chi connectivity index (χ0) is 34.3. The van der Waals surface area contributed by atoms with E-state index >= 15 is 0 Å². The predicted octanol–water partition coefficient (Wildman–Crippen LogP) is 11.4. The Labute approximate surface area is 290 Å². The summed E-state index contributed by atoms with van der Waals surface area (Å²) >= 11 is 0. The third-order valence-corrected chi connectivity index (χ3v) is 12.4. The van der Waals surface area contributed by atoms with Crippen molar-refractivity contribution < 1.29 is 8.42 Å². The van der Waals surface area contributed by atoms with E-state index in [-0.39, 0.29) is 20.6 Å². The summed E-state index contributed by atoms with van der Waals surface area (Å²) in [6, 6.07) is 44.8. The van der Waals surface area contributed by atoms with Crippen molar-refractivity contribution in [3.63, 3.8) is 0 Å². The molecule has 2 aliphatic heterocycles. The van der Waals surface area contributed by atoms with E-state index in [2.05, 4.69) is 136 Å². The van der Waals surface area contributed by atoms with E-state index in [4.69, 9.17) is 0 Å². The van der Waals surface area contributed by atoms with Crippen molar-refractivity contribution in [2.45, 2.75) is 62.2 Å². The van der Waals surface area contributed by atoms with Crippen LogP contribution in [0, 0.1) is 13.8 Å². The van der Waals surface area contributed by atoms with Crippen molar-refractivity contribution in [1.29, 1.82) is 0 Å². The number of nitrogens with zero attached hydrogens (tertiary/aromatic N) is 2. The highest BCUT2D eigenvalue weighted by molar-refractivity contribution is 7.91. The van der Waals surface area contributed by atoms with Crippen LogP contribution >= 0.6 is 0 Å². The molecule has 0 fully saturated rings. The fourth-order valence-corrected chi connectivity index (χ4v) is 9.14. The molecule has 2 heterocycles. The monoisotopic (exact) mass is 660 g/mol. The molecule has 4 nitrogen and oxygen atoms in total. The fraction of sp³-hybridized carbons (Fsp3) is 0.182. The summed E-state index contributed by atoms with van der Waals surface area (Å²) < 4.78 is 28.0. The average Bonchev–Trinajstić information content (AvgIpc) is 3.10. The van der Waals surface area contributed by atoms with Gasteiger partial charge in [0.2, 0.25) is 9.84 Å². The molecule has 0 spiro atoms. The maximum Gasteiger partial charge on any atom is 0.206 e. The first kappa shape index (κ1) is 31.2. The van der Waals surface area contributed by atoms with Crippen LogP contribution in [-0.4, -0.2) is 8.42 Å². The van der Waals surface area contributed by atoms with Gasteiger partial charge < -0.3 is 9.80 Å². The van der Waals surface area contributed by atoms with Crippen LogP contribution in [0.5, 0.6) is 0 Å². The number of aryl methyl sites for hydroxylation is 2. The first-order valence-corrected chi connectivity index (χ1v) is 18.3. The topological polar surface area (TPSA) is 40.6 Å². The normalized spacial score (nSPS) is 15.6. The Morgan fingerprint density at radius 2 is 0.776 bits per heavy atom. The van der Waals surface area contributed by atoms with Gasteiger partial charge in [0.25, 0.3) is 0 Å². The smallest absolute Gasteiger partial charge is 0.206 e. The summed E-state index contributed by atoms with van der Waals surface area (Å²) in [6.07, 6.45) is 0. The first-order valence-electron chi connectivity index (χ1n) is 16.9. The lowest BCUT2D eigenvalue weighted by Crippen LogP contribution is -2.30. The van der Waals surface area contributed by atoms with Crippen molar-refractivity contribution >= 4 is 44.0 Å². The second-order valence-electron chi connectivity index (χ2n) is 14.5. The maximum atomic E-state index is 14.0. The average molecular weight is 661 g/mol. The summed E-state index contributed by atoms with van der Waals surface area (Å²) in [5.74, 6) is 0. The molecule has 6 aromatic carbocycles. The number of anilines is 6. The van der Waals surface area contributed by atoms with E-state index < -0.39 is 9.84 Å². The first-order chi connectivity index (χ1) is 23.4. The van der Waals surface area contributed by atoms with Gasteiger partial charge in [0.05, 0.1) is 32.5 Å². The minimum atomic E-state index is -3.76. The van der Waals surface area contributed by atoms with Crippen LogP contribution in [0.2, 0.25) is 0 Å². The summed E-state index contributed by atoms with van der Waals surface area (Å²) in [5.41, 5.74) is 13.3. The van der Waals surface area contributed by atoms with Gasteiger partial charge in [0.15, 0.2) is 0 Å². The molecule has 0 N–H and O–H groups in total. The van der Waals surface area contributed by atoms with Crippen LogP contribution in [-0.2, 0) is 20.7 Å². The fourth-order valence-electron chi connectivity index (χ4n) is 7.88. The van der Waals surface area contributed by atoms with Crippen LogP contribution in [0.25, 0.3) is 0 Å².